The number of benzene rings is 1. The highest BCUT2D eigenvalue weighted by Crippen LogP contribution is 2.25. The topological polar surface area (TPSA) is 77.9 Å². The Labute approximate surface area is 147 Å². The van der Waals surface area contributed by atoms with E-state index in [0.29, 0.717) is 38.0 Å². The van der Waals surface area contributed by atoms with Crippen molar-refractivity contribution < 1.29 is 19.5 Å². The number of likely N-dealkylation sites (tertiary alicyclic amines) is 2. The molecule has 25 heavy (non-hydrogen) atoms. The molecule has 6 nitrogen and oxygen atoms in total. The number of hydrogen-bond acceptors (Lipinski definition) is 3. The van der Waals surface area contributed by atoms with Gasteiger partial charge in [0.15, 0.2) is 0 Å². The van der Waals surface area contributed by atoms with Gasteiger partial charge in [-0.3, -0.25) is 9.59 Å². The van der Waals surface area contributed by atoms with E-state index in [9.17, 15) is 19.5 Å². The molecule has 0 spiro atoms. The van der Waals surface area contributed by atoms with E-state index in [0.717, 1.165) is 18.4 Å². The van der Waals surface area contributed by atoms with Gasteiger partial charge in [-0.1, -0.05) is 17.7 Å². The number of piperidine rings is 1. The van der Waals surface area contributed by atoms with Crippen LogP contribution >= 0.6 is 0 Å². The van der Waals surface area contributed by atoms with Gasteiger partial charge >= 0.3 is 5.97 Å². The van der Waals surface area contributed by atoms with Crippen LogP contribution in [0.25, 0.3) is 0 Å². The molecule has 0 aliphatic carbocycles. The Balaban J connectivity index is 1.68. The zero-order valence-electron chi connectivity index (χ0n) is 14.5. The molecule has 2 fully saturated rings. The maximum Gasteiger partial charge on any atom is 0.326 e. The van der Waals surface area contributed by atoms with Crippen molar-refractivity contribution in [3.05, 3.63) is 35.4 Å². The van der Waals surface area contributed by atoms with E-state index in [2.05, 4.69) is 0 Å². The molecule has 2 aliphatic heterocycles. The van der Waals surface area contributed by atoms with E-state index in [1.54, 1.807) is 4.90 Å². The minimum absolute atomic E-state index is 0.0614. The summed E-state index contributed by atoms with van der Waals surface area (Å²) in [5.41, 5.74) is 1.72. The fourth-order valence-electron chi connectivity index (χ4n) is 3.76. The van der Waals surface area contributed by atoms with Crippen molar-refractivity contribution in [1.29, 1.82) is 0 Å². The molecule has 6 heteroatoms. The lowest BCUT2D eigenvalue weighted by atomic mass is 9.95. The van der Waals surface area contributed by atoms with Crippen molar-refractivity contribution in [2.24, 2.45) is 5.92 Å². The minimum atomic E-state index is -0.936. The SMILES string of the molecule is Cc1ccc(C(=O)N2CCCC(C(=O)N3CCCC3C(=O)O)C2)cc1. The number of amides is 2. The smallest absolute Gasteiger partial charge is 0.326 e. The van der Waals surface area contributed by atoms with Gasteiger partial charge in [-0.05, 0) is 44.7 Å². The second kappa shape index (κ2) is 7.25. The molecule has 3 rings (SSSR count). The molecule has 0 bridgehead atoms. The summed E-state index contributed by atoms with van der Waals surface area (Å²) in [5, 5.41) is 9.28. The van der Waals surface area contributed by atoms with Crippen molar-refractivity contribution in [3.8, 4) is 0 Å². The van der Waals surface area contributed by atoms with Crippen molar-refractivity contribution in [1.82, 2.24) is 9.80 Å². The molecule has 0 radical (unpaired) electrons. The second-order valence-electron chi connectivity index (χ2n) is 6.98. The Morgan fingerprint density at radius 3 is 2.40 bits per heavy atom. The number of carboxylic acids is 1. The Kier molecular flexibility index (Phi) is 5.06. The average molecular weight is 344 g/mol. The van der Waals surface area contributed by atoms with Crippen LogP contribution in [0.5, 0.6) is 0 Å². The van der Waals surface area contributed by atoms with Gasteiger partial charge in [0.2, 0.25) is 5.91 Å². The van der Waals surface area contributed by atoms with Crippen LogP contribution in [0, 0.1) is 12.8 Å². The number of carboxylic acid groups (broad SMARTS) is 1. The monoisotopic (exact) mass is 344 g/mol. The van der Waals surface area contributed by atoms with E-state index < -0.39 is 12.0 Å². The van der Waals surface area contributed by atoms with Crippen molar-refractivity contribution in [2.75, 3.05) is 19.6 Å². The molecule has 0 aromatic heterocycles. The van der Waals surface area contributed by atoms with E-state index >= 15 is 0 Å². The summed E-state index contributed by atoms with van der Waals surface area (Å²) in [5.74, 6) is -1.42. The normalized spacial score (nSPS) is 23.6. The highest BCUT2D eigenvalue weighted by molar-refractivity contribution is 5.95. The molecule has 134 valence electrons. The Bertz CT molecular complexity index is 671. The van der Waals surface area contributed by atoms with E-state index in [-0.39, 0.29) is 17.7 Å². The lowest BCUT2D eigenvalue weighted by Crippen LogP contribution is -2.49. The standard InChI is InChI=1S/C19H24N2O4/c1-13-6-8-14(9-7-13)17(22)20-10-2-4-15(12-20)18(23)21-11-3-5-16(21)19(24)25/h6-9,15-16H,2-5,10-12H2,1H3,(H,24,25). The van der Waals surface area contributed by atoms with Crippen molar-refractivity contribution in [2.45, 2.75) is 38.6 Å². The Hall–Kier alpha value is -2.37. The molecular weight excluding hydrogens is 320 g/mol. The summed E-state index contributed by atoms with van der Waals surface area (Å²) in [6.45, 7) is 3.48. The third-order valence-electron chi connectivity index (χ3n) is 5.18. The van der Waals surface area contributed by atoms with Crippen LogP contribution < -0.4 is 0 Å². The number of aliphatic carboxylic acids is 1. The summed E-state index contributed by atoms with van der Waals surface area (Å²) in [7, 11) is 0. The number of carbonyl (C=O) groups is 3. The van der Waals surface area contributed by atoms with Gasteiger partial charge in [-0.15, -0.1) is 0 Å². The molecule has 1 aromatic rings. The molecule has 2 unspecified atom stereocenters. The Morgan fingerprint density at radius 1 is 1.04 bits per heavy atom. The van der Waals surface area contributed by atoms with E-state index in [1.165, 1.54) is 4.90 Å². The van der Waals surface area contributed by atoms with Crippen LogP contribution in [0.2, 0.25) is 0 Å². The first-order valence-electron chi connectivity index (χ1n) is 8.86. The maximum atomic E-state index is 12.8. The molecule has 2 aliphatic rings. The molecule has 2 heterocycles. The Morgan fingerprint density at radius 2 is 1.72 bits per heavy atom. The number of aryl methyl sites for hydroxylation is 1. The summed E-state index contributed by atoms with van der Waals surface area (Å²) in [4.78, 5) is 40.0. The molecule has 0 saturated carbocycles. The van der Waals surface area contributed by atoms with Gasteiger partial charge in [0.1, 0.15) is 6.04 Å². The quantitative estimate of drug-likeness (QED) is 0.909. The molecule has 2 atom stereocenters. The van der Waals surface area contributed by atoms with Crippen LogP contribution in [0.4, 0.5) is 0 Å². The van der Waals surface area contributed by atoms with Crippen LogP contribution in [0.3, 0.4) is 0 Å². The first-order valence-corrected chi connectivity index (χ1v) is 8.86. The summed E-state index contributed by atoms with van der Waals surface area (Å²) in [6, 6.07) is 6.72. The van der Waals surface area contributed by atoms with Crippen molar-refractivity contribution in [3.63, 3.8) is 0 Å². The number of nitrogens with zero attached hydrogens (tertiary/aromatic N) is 2. The highest BCUT2D eigenvalue weighted by Gasteiger charge is 2.39. The first kappa shape index (κ1) is 17.5. The van der Waals surface area contributed by atoms with Crippen LogP contribution in [0.1, 0.15) is 41.6 Å². The zero-order chi connectivity index (χ0) is 18.0. The van der Waals surface area contributed by atoms with E-state index in [1.807, 2.05) is 31.2 Å². The van der Waals surface area contributed by atoms with Gasteiger partial charge in [-0.25, -0.2) is 4.79 Å². The summed E-state index contributed by atoms with van der Waals surface area (Å²) < 4.78 is 0. The summed E-state index contributed by atoms with van der Waals surface area (Å²) >= 11 is 0. The van der Waals surface area contributed by atoms with Gasteiger partial charge in [0.05, 0.1) is 5.92 Å². The predicted octanol–water partition coefficient (Wildman–Crippen LogP) is 1.92. The number of rotatable bonds is 3. The largest absolute Gasteiger partial charge is 0.480 e. The summed E-state index contributed by atoms with van der Waals surface area (Å²) in [6.07, 6.45) is 2.71. The third-order valence-corrected chi connectivity index (χ3v) is 5.18. The van der Waals surface area contributed by atoms with E-state index in [4.69, 9.17) is 0 Å². The predicted molar refractivity (Wildman–Crippen MR) is 92.2 cm³/mol. The van der Waals surface area contributed by atoms with Gasteiger partial charge in [-0.2, -0.15) is 0 Å². The highest BCUT2D eigenvalue weighted by atomic mass is 16.4. The molecule has 1 N–H and O–H groups in total. The van der Waals surface area contributed by atoms with Crippen LogP contribution in [-0.4, -0.2) is 58.4 Å². The number of hydrogen-bond donors (Lipinski definition) is 1. The first-order chi connectivity index (χ1) is 12.0. The molecule has 2 amide bonds. The van der Waals surface area contributed by atoms with Crippen LogP contribution in [0.15, 0.2) is 24.3 Å². The van der Waals surface area contributed by atoms with Crippen molar-refractivity contribution >= 4 is 17.8 Å². The maximum absolute atomic E-state index is 12.8. The minimum Gasteiger partial charge on any atom is -0.480 e. The fraction of sp³-hybridized carbons (Fsp3) is 0.526. The zero-order valence-corrected chi connectivity index (χ0v) is 14.5. The lowest BCUT2D eigenvalue weighted by molar-refractivity contribution is -0.150. The van der Waals surface area contributed by atoms with Crippen LogP contribution in [-0.2, 0) is 9.59 Å². The molecule has 2 saturated heterocycles. The fourth-order valence-corrected chi connectivity index (χ4v) is 3.76. The molecular formula is C19H24N2O4. The lowest BCUT2D eigenvalue weighted by Gasteiger charge is -2.35. The average Bonchev–Trinajstić information content (AvgIpc) is 3.11. The number of carbonyl (C=O) groups excluding carboxylic acids is 2. The van der Waals surface area contributed by atoms with Gasteiger partial charge < -0.3 is 14.9 Å². The third kappa shape index (κ3) is 3.67. The van der Waals surface area contributed by atoms with Gasteiger partial charge in [0.25, 0.3) is 5.91 Å². The second-order valence-corrected chi connectivity index (χ2v) is 6.98. The molecule has 1 aromatic carbocycles. The van der Waals surface area contributed by atoms with Gasteiger partial charge in [0, 0.05) is 25.2 Å².